The van der Waals surface area contributed by atoms with Gasteiger partial charge in [-0.1, -0.05) is 15.9 Å². The van der Waals surface area contributed by atoms with E-state index in [2.05, 4.69) is 15.9 Å². The lowest BCUT2D eigenvalue weighted by molar-refractivity contribution is 0.0346. The van der Waals surface area contributed by atoms with Crippen LogP contribution in [0.2, 0.25) is 0 Å². The molecule has 4 nitrogen and oxygen atoms in total. The van der Waals surface area contributed by atoms with Crippen molar-refractivity contribution in [3.05, 3.63) is 23.5 Å². The first kappa shape index (κ1) is 12.2. The first-order valence-corrected chi connectivity index (χ1v) is 5.36. The van der Waals surface area contributed by atoms with Crippen LogP contribution < -0.4 is 11.5 Å². The van der Waals surface area contributed by atoms with Gasteiger partial charge in [0.2, 0.25) is 0 Å². The quantitative estimate of drug-likeness (QED) is 0.486. The SMILES string of the molecule is Nc1cc(F)cc(C(O)C(O)CBr)c1N. The van der Waals surface area contributed by atoms with E-state index in [9.17, 15) is 14.6 Å². The number of anilines is 2. The van der Waals surface area contributed by atoms with Crippen LogP contribution in [0.15, 0.2) is 12.1 Å². The van der Waals surface area contributed by atoms with E-state index in [-0.39, 0.29) is 22.3 Å². The second kappa shape index (κ2) is 4.78. The van der Waals surface area contributed by atoms with Gasteiger partial charge in [0.05, 0.1) is 17.5 Å². The topological polar surface area (TPSA) is 92.5 Å². The van der Waals surface area contributed by atoms with Crippen LogP contribution in [0.1, 0.15) is 11.7 Å². The van der Waals surface area contributed by atoms with E-state index in [1.807, 2.05) is 0 Å². The van der Waals surface area contributed by atoms with E-state index in [1.165, 1.54) is 0 Å². The molecule has 0 aliphatic rings. The van der Waals surface area contributed by atoms with Gasteiger partial charge >= 0.3 is 0 Å². The van der Waals surface area contributed by atoms with Crippen molar-refractivity contribution >= 4 is 27.3 Å². The third-order valence-electron chi connectivity index (χ3n) is 2.05. The third-order valence-corrected chi connectivity index (χ3v) is 2.71. The van der Waals surface area contributed by atoms with E-state index in [0.717, 1.165) is 12.1 Å². The summed E-state index contributed by atoms with van der Waals surface area (Å²) in [6.07, 6.45) is -2.32. The summed E-state index contributed by atoms with van der Waals surface area (Å²) in [5.41, 5.74) is 11.2. The number of aliphatic hydroxyl groups is 2. The third kappa shape index (κ3) is 2.58. The lowest BCUT2D eigenvalue weighted by Gasteiger charge is -2.18. The van der Waals surface area contributed by atoms with Gasteiger partial charge in [0.15, 0.2) is 0 Å². The molecule has 0 fully saturated rings. The largest absolute Gasteiger partial charge is 0.397 e. The van der Waals surface area contributed by atoms with Crippen molar-refractivity contribution < 1.29 is 14.6 Å². The van der Waals surface area contributed by atoms with Crippen molar-refractivity contribution in [2.45, 2.75) is 12.2 Å². The Morgan fingerprint density at radius 1 is 1.33 bits per heavy atom. The number of hydrogen-bond donors (Lipinski definition) is 4. The monoisotopic (exact) mass is 278 g/mol. The first-order chi connectivity index (χ1) is 6.97. The summed E-state index contributed by atoms with van der Waals surface area (Å²) >= 11 is 3.00. The molecule has 1 aromatic carbocycles. The van der Waals surface area contributed by atoms with Crippen LogP contribution in [-0.4, -0.2) is 21.6 Å². The number of halogens is 2. The standard InChI is InChI=1S/C9H12BrFN2O2/c10-3-7(14)9(15)5-1-4(11)2-6(12)8(5)13/h1-2,7,9,14-15H,3,12-13H2. The molecular weight excluding hydrogens is 267 g/mol. The minimum Gasteiger partial charge on any atom is -0.397 e. The highest BCUT2D eigenvalue weighted by molar-refractivity contribution is 9.09. The molecular formula is C9H12BrFN2O2. The number of alkyl halides is 1. The highest BCUT2D eigenvalue weighted by Crippen LogP contribution is 2.29. The Labute approximate surface area is 94.8 Å². The summed E-state index contributed by atoms with van der Waals surface area (Å²) < 4.78 is 13.0. The van der Waals surface area contributed by atoms with Crippen molar-refractivity contribution in [1.82, 2.24) is 0 Å². The van der Waals surface area contributed by atoms with Crippen LogP contribution in [0.25, 0.3) is 0 Å². The van der Waals surface area contributed by atoms with Crippen LogP contribution >= 0.6 is 15.9 Å². The minimum absolute atomic E-state index is 0.0471. The molecule has 0 aliphatic heterocycles. The Morgan fingerprint density at radius 2 is 1.93 bits per heavy atom. The van der Waals surface area contributed by atoms with Gasteiger partial charge in [0.1, 0.15) is 11.9 Å². The van der Waals surface area contributed by atoms with E-state index < -0.39 is 18.0 Å². The van der Waals surface area contributed by atoms with Gasteiger partial charge in [-0.25, -0.2) is 4.39 Å². The maximum absolute atomic E-state index is 13.0. The predicted octanol–water partition coefficient (Wildman–Crippen LogP) is 0.779. The van der Waals surface area contributed by atoms with Crippen LogP contribution in [0.4, 0.5) is 15.8 Å². The number of rotatable bonds is 3. The molecule has 6 heteroatoms. The summed E-state index contributed by atoms with van der Waals surface area (Å²) in [5, 5.41) is 19.2. The Kier molecular flexibility index (Phi) is 3.90. The maximum Gasteiger partial charge on any atom is 0.125 e. The molecule has 0 bridgehead atoms. The fourth-order valence-corrected chi connectivity index (χ4v) is 1.55. The molecule has 0 radical (unpaired) electrons. The zero-order chi connectivity index (χ0) is 11.6. The summed E-state index contributed by atoms with van der Waals surface area (Å²) in [6, 6.07) is 2.12. The molecule has 0 spiro atoms. The van der Waals surface area contributed by atoms with E-state index in [4.69, 9.17) is 11.5 Å². The molecule has 1 aromatic rings. The highest BCUT2D eigenvalue weighted by Gasteiger charge is 2.21. The molecule has 0 aromatic heterocycles. The van der Waals surface area contributed by atoms with E-state index in [1.54, 1.807) is 0 Å². The van der Waals surface area contributed by atoms with Crippen LogP contribution in [0.3, 0.4) is 0 Å². The molecule has 15 heavy (non-hydrogen) atoms. The first-order valence-electron chi connectivity index (χ1n) is 4.23. The zero-order valence-electron chi connectivity index (χ0n) is 7.82. The molecule has 6 N–H and O–H groups in total. The number of aliphatic hydroxyl groups excluding tert-OH is 2. The Morgan fingerprint density at radius 3 is 2.47 bits per heavy atom. The van der Waals surface area contributed by atoms with Crippen LogP contribution in [-0.2, 0) is 0 Å². The Balaban J connectivity index is 3.13. The Bertz CT molecular complexity index is 362. The van der Waals surface area contributed by atoms with Gasteiger partial charge in [-0.05, 0) is 12.1 Å². The summed E-state index contributed by atoms with van der Waals surface area (Å²) in [4.78, 5) is 0. The highest BCUT2D eigenvalue weighted by atomic mass is 79.9. The second-order valence-electron chi connectivity index (χ2n) is 3.16. The fraction of sp³-hybridized carbons (Fsp3) is 0.333. The predicted molar refractivity (Wildman–Crippen MR) is 60.0 cm³/mol. The van der Waals surface area contributed by atoms with E-state index >= 15 is 0 Å². The number of benzene rings is 1. The summed E-state index contributed by atoms with van der Waals surface area (Å²) in [6.45, 7) is 0. The molecule has 0 heterocycles. The van der Waals surface area contributed by atoms with Gasteiger partial charge in [0.25, 0.3) is 0 Å². The van der Waals surface area contributed by atoms with E-state index in [0.29, 0.717) is 0 Å². The maximum atomic E-state index is 13.0. The van der Waals surface area contributed by atoms with Crippen molar-refractivity contribution in [1.29, 1.82) is 0 Å². The molecule has 2 unspecified atom stereocenters. The van der Waals surface area contributed by atoms with Gasteiger partial charge in [0, 0.05) is 10.9 Å². The molecule has 0 saturated heterocycles. The molecule has 84 valence electrons. The zero-order valence-corrected chi connectivity index (χ0v) is 9.41. The average Bonchev–Trinajstić information content (AvgIpc) is 2.21. The summed E-state index contributed by atoms with van der Waals surface area (Å²) in [5.74, 6) is -0.600. The molecule has 1 rings (SSSR count). The van der Waals surface area contributed by atoms with Gasteiger partial charge in [-0.3, -0.25) is 0 Å². The van der Waals surface area contributed by atoms with Gasteiger partial charge in [-0.2, -0.15) is 0 Å². The van der Waals surface area contributed by atoms with Gasteiger partial charge < -0.3 is 21.7 Å². The lowest BCUT2D eigenvalue weighted by atomic mass is 10.0. The minimum atomic E-state index is -1.26. The number of hydrogen-bond acceptors (Lipinski definition) is 4. The van der Waals surface area contributed by atoms with Crippen LogP contribution in [0.5, 0.6) is 0 Å². The van der Waals surface area contributed by atoms with Crippen molar-refractivity contribution in [2.24, 2.45) is 0 Å². The molecule has 0 amide bonds. The van der Waals surface area contributed by atoms with Crippen molar-refractivity contribution in [3.8, 4) is 0 Å². The molecule has 2 atom stereocenters. The Hall–Kier alpha value is -0.850. The lowest BCUT2D eigenvalue weighted by Crippen LogP contribution is -2.21. The van der Waals surface area contributed by atoms with Crippen molar-refractivity contribution in [2.75, 3.05) is 16.8 Å². The summed E-state index contributed by atoms with van der Waals surface area (Å²) in [7, 11) is 0. The van der Waals surface area contributed by atoms with Crippen molar-refractivity contribution in [3.63, 3.8) is 0 Å². The second-order valence-corrected chi connectivity index (χ2v) is 3.81. The molecule has 0 aliphatic carbocycles. The number of nitrogen functional groups attached to an aromatic ring is 2. The average molecular weight is 279 g/mol. The van der Waals surface area contributed by atoms with Crippen LogP contribution in [0, 0.1) is 5.82 Å². The number of nitrogens with two attached hydrogens (primary N) is 2. The normalized spacial score (nSPS) is 14.9. The van der Waals surface area contributed by atoms with Gasteiger partial charge in [-0.15, -0.1) is 0 Å². The smallest absolute Gasteiger partial charge is 0.125 e. The molecule has 0 saturated carbocycles. The fourth-order valence-electron chi connectivity index (χ4n) is 1.20.